The summed E-state index contributed by atoms with van der Waals surface area (Å²) in [6.07, 6.45) is 11.8. The highest BCUT2D eigenvalue weighted by atomic mass is 16.4. The molecule has 0 saturated carbocycles. The number of carbonyl (C=O) groups is 2. The van der Waals surface area contributed by atoms with Gasteiger partial charge >= 0.3 is 12.1 Å². The lowest BCUT2D eigenvalue weighted by Crippen LogP contribution is -2.56. The fraction of sp³-hybridized carbons (Fsp3) is 0.867. The third kappa shape index (κ3) is 20.6. The standard InChI is InChI=1S/C15H33N5O4/c21-14(22)12-10-8-6-4-2-1-3-5-7-9-11-13-16-18-20-19-17-15(23)24/h16-20H,1-13H2,(H,21,22)(H,23,24). The first-order valence-corrected chi connectivity index (χ1v) is 8.81. The Hall–Kier alpha value is -1.42. The molecule has 9 heteroatoms. The zero-order valence-corrected chi connectivity index (χ0v) is 14.4. The van der Waals surface area contributed by atoms with Gasteiger partial charge in [0.1, 0.15) is 0 Å². The summed E-state index contributed by atoms with van der Waals surface area (Å²) in [6.45, 7) is 0.804. The number of hydrazine groups is 4. The summed E-state index contributed by atoms with van der Waals surface area (Å²) >= 11 is 0. The summed E-state index contributed by atoms with van der Waals surface area (Å²) in [4.78, 5) is 20.4. The number of unbranched alkanes of at least 4 members (excludes halogenated alkanes) is 10. The van der Waals surface area contributed by atoms with Crippen LogP contribution in [0.15, 0.2) is 0 Å². The van der Waals surface area contributed by atoms with Crippen molar-refractivity contribution in [2.24, 2.45) is 0 Å². The zero-order valence-electron chi connectivity index (χ0n) is 14.4. The molecule has 0 aliphatic rings. The first-order chi connectivity index (χ1) is 11.6. The number of nitrogens with one attached hydrogen (secondary N) is 5. The summed E-state index contributed by atoms with van der Waals surface area (Å²) in [5.74, 6) is -0.691. The Morgan fingerprint density at radius 1 is 0.625 bits per heavy atom. The van der Waals surface area contributed by atoms with Gasteiger partial charge in [0, 0.05) is 13.0 Å². The summed E-state index contributed by atoms with van der Waals surface area (Å²) < 4.78 is 0. The fourth-order valence-corrected chi connectivity index (χ4v) is 2.30. The van der Waals surface area contributed by atoms with Crippen LogP contribution in [0.1, 0.15) is 77.0 Å². The van der Waals surface area contributed by atoms with Crippen LogP contribution in [-0.4, -0.2) is 28.8 Å². The number of rotatable bonds is 18. The van der Waals surface area contributed by atoms with Crippen LogP contribution < -0.4 is 27.5 Å². The van der Waals surface area contributed by atoms with Crippen molar-refractivity contribution in [2.45, 2.75) is 77.0 Å². The quantitative estimate of drug-likeness (QED) is 0.148. The van der Waals surface area contributed by atoms with E-state index in [1.807, 2.05) is 5.43 Å². The molecule has 0 unspecified atom stereocenters. The summed E-state index contributed by atoms with van der Waals surface area (Å²) in [5, 5.41) is 16.8. The topological polar surface area (TPSA) is 135 Å². The molecule has 9 nitrogen and oxygen atoms in total. The van der Waals surface area contributed by atoms with Gasteiger partial charge in [-0.2, -0.15) is 16.6 Å². The van der Waals surface area contributed by atoms with Gasteiger partial charge in [0.2, 0.25) is 0 Å². The van der Waals surface area contributed by atoms with E-state index in [9.17, 15) is 9.59 Å². The maximum Gasteiger partial charge on any atom is 0.420 e. The minimum absolute atomic E-state index is 0.302. The van der Waals surface area contributed by atoms with Crippen molar-refractivity contribution in [3.05, 3.63) is 0 Å². The van der Waals surface area contributed by atoms with E-state index in [-0.39, 0.29) is 0 Å². The van der Waals surface area contributed by atoms with Gasteiger partial charge in [0.05, 0.1) is 0 Å². The highest BCUT2D eigenvalue weighted by Gasteiger charge is 1.97. The monoisotopic (exact) mass is 347 g/mol. The highest BCUT2D eigenvalue weighted by Crippen LogP contribution is 2.11. The van der Waals surface area contributed by atoms with Gasteiger partial charge in [0.15, 0.2) is 0 Å². The third-order valence-corrected chi connectivity index (χ3v) is 3.58. The molecular weight excluding hydrogens is 314 g/mol. The van der Waals surface area contributed by atoms with Crippen LogP contribution >= 0.6 is 0 Å². The van der Waals surface area contributed by atoms with Crippen molar-refractivity contribution in [1.82, 2.24) is 27.5 Å². The largest absolute Gasteiger partial charge is 0.481 e. The van der Waals surface area contributed by atoms with Crippen LogP contribution in [0.2, 0.25) is 0 Å². The Morgan fingerprint density at radius 2 is 1.12 bits per heavy atom. The van der Waals surface area contributed by atoms with E-state index in [0.717, 1.165) is 32.2 Å². The van der Waals surface area contributed by atoms with E-state index in [4.69, 9.17) is 10.2 Å². The SMILES string of the molecule is O=C(O)CCCCCCCCCCCCCNNNNNC(=O)O. The molecule has 0 rings (SSSR count). The van der Waals surface area contributed by atoms with E-state index in [0.29, 0.717) is 6.42 Å². The molecular formula is C15H33N5O4. The number of hydrogen-bond acceptors (Lipinski definition) is 6. The zero-order chi connectivity index (χ0) is 17.9. The van der Waals surface area contributed by atoms with Crippen molar-refractivity contribution < 1.29 is 19.8 Å². The molecule has 0 aromatic carbocycles. The molecule has 7 N–H and O–H groups in total. The van der Waals surface area contributed by atoms with E-state index in [1.54, 1.807) is 0 Å². The molecule has 24 heavy (non-hydrogen) atoms. The van der Waals surface area contributed by atoms with Crippen molar-refractivity contribution >= 4 is 12.1 Å². The van der Waals surface area contributed by atoms with Gasteiger partial charge < -0.3 is 10.2 Å². The molecule has 0 aliphatic carbocycles. The van der Waals surface area contributed by atoms with Crippen LogP contribution in [0, 0.1) is 0 Å². The molecule has 0 aliphatic heterocycles. The smallest absolute Gasteiger partial charge is 0.420 e. The minimum Gasteiger partial charge on any atom is -0.481 e. The van der Waals surface area contributed by atoms with Crippen molar-refractivity contribution in [2.75, 3.05) is 6.54 Å². The van der Waals surface area contributed by atoms with Crippen molar-refractivity contribution in [3.63, 3.8) is 0 Å². The minimum atomic E-state index is -1.16. The molecule has 0 heterocycles. The lowest BCUT2D eigenvalue weighted by Gasteiger charge is -2.09. The van der Waals surface area contributed by atoms with Crippen LogP contribution in [0.3, 0.4) is 0 Å². The normalized spacial score (nSPS) is 10.7. The molecule has 0 bridgehead atoms. The number of hydrogen-bond donors (Lipinski definition) is 7. The molecule has 0 atom stereocenters. The van der Waals surface area contributed by atoms with E-state index in [2.05, 4.69) is 22.0 Å². The Morgan fingerprint density at radius 3 is 1.62 bits per heavy atom. The van der Waals surface area contributed by atoms with Crippen molar-refractivity contribution in [1.29, 1.82) is 0 Å². The maximum atomic E-state index is 10.3. The molecule has 1 amide bonds. The molecule has 0 spiro atoms. The number of carboxylic acids is 1. The molecule has 0 radical (unpaired) electrons. The summed E-state index contributed by atoms with van der Waals surface area (Å²) in [7, 11) is 0. The predicted molar refractivity (Wildman–Crippen MR) is 91.6 cm³/mol. The lowest BCUT2D eigenvalue weighted by molar-refractivity contribution is -0.137. The first-order valence-electron chi connectivity index (χ1n) is 8.81. The van der Waals surface area contributed by atoms with Crippen molar-refractivity contribution in [3.8, 4) is 0 Å². The van der Waals surface area contributed by atoms with Crippen LogP contribution in [0.25, 0.3) is 0 Å². The van der Waals surface area contributed by atoms with Gasteiger partial charge in [-0.05, 0) is 12.8 Å². The summed E-state index contributed by atoms with van der Waals surface area (Å²) in [5.41, 5.74) is 12.1. The average Bonchev–Trinajstić information content (AvgIpc) is 2.53. The van der Waals surface area contributed by atoms with Gasteiger partial charge in [-0.25, -0.2) is 15.6 Å². The second kappa shape index (κ2) is 17.9. The van der Waals surface area contributed by atoms with Gasteiger partial charge in [0.25, 0.3) is 0 Å². The predicted octanol–water partition coefficient (Wildman–Crippen LogP) is 2.04. The molecule has 0 aromatic heterocycles. The van der Waals surface area contributed by atoms with Crippen LogP contribution in [-0.2, 0) is 4.79 Å². The second-order valence-corrected chi connectivity index (χ2v) is 5.76. The number of carboxylic acid groups (broad SMARTS) is 2. The molecule has 0 aromatic rings. The highest BCUT2D eigenvalue weighted by molar-refractivity contribution is 5.66. The summed E-state index contributed by atoms with van der Waals surface area (Å²) in [6, 6.07) is 0. The molecule has 0 fully saturated rings. The molecule has 142 valence electrons. The van der Waals surface area contributed by atoms with E-state index < -0.39 is 12.1 Å². The average molecular weight is 347 g/mol. The Bertz CT molecular complexity index is 288. The van der Waals surface area contributed by atoms with E-state index in [1.165, 1.54) is 44.9 Å². The van der Waals surface area contributed by atoms with Crippen LogP contribution in [0.5, 0.6) is 0 Å². The van der Waals surface area contributed by atoms with Gasteiger partial charge in [-0.3, -0.25) is 4.79 Å². The van der Waals surface area contributed by atoms with Gasteiger partial charge in [-0.15, -0.1) is 0 Å². The Labute approximate surface area is 143 Å². The second-order valence-electron chi connectivity index (χ2n) is 5.76. The number of aliphatic carboxylic acids is 1. The Kier molecular flexibility index (Phi) is 16.9. The fourth-order valence-electron chi connectivity index (χ4n) is 2.30. The van der Waals surface area contributed by atoms with E-state index >= 15 is 0 Å². The van der Waals surface area contributed by atoms with Crippen LogP contribution in [0.4, 0.5) is 4.79 Å². The molecule has 0 saturated heterocycles. The first kappa shape index (κ1) is 22.6. The lowest BCUT2D eigenvalue weighted by atomic mass is 10.1. The third-order valence-electron chi connectivity index (χ3n) is 3.58. The Balaban J connectivity index is 3.00. The number of amides is 1. The van der Waals surface area contributed by atoms with Gasteiger partial charge in [-0.1, -0.05) is 57.8 Å². The maximum absolute atomic E-state index is 10.3.